The summed E-state index contributed by atoms with van der Waals surface area (Å²) in [5.41, 5.74) is 5.20. The molecule has 0 aliphatic heterocycles. The molecule has 0 spiro atoms. The van der Waals surface area contributed by atoms with Crippen LogP contribution in [0.4, 0.5) is 0 Å². The van der Waals surface area contributed by atoms with Gasteiger partial charge >= 0.3 is 0 Å². The zero-order chi connectivity index (χ0) is 12.8. The fourth-order valence-electron chi connectivity index (χ4n) is 0.947. The largest absolute Gasteiger partial charge is 0.393 e. The normalized spacial score (nSPS) is 13.1. The van der Waals surface area contributed by atoms with Gasteiger partial charge in [-0.1, -0.05) is 19.1 Å². The maximum atomic E-state index is 11.4. The topological polar surface area (TPSA) is 89.3 Å². The van der Waals surface area contributed by atoms with E-state index in [0.29, 0.717) is 0 Å². The zero-order valence-electron chi connectivity index (χ0n) is 9.52. The molecule has 5 nitrogen and oxygen atoms in total. The highest BCUT2D eigenvalue weighted by Gasteiger charge is 2.17. The van der Waals surface area contributed by atoms with Gasteiger partial charge in [0.15, 0.2) is 9.84 Å². The predicted molar refractivity (Wildman–Crippen MR) is 68.0 cm³/mol. The van der Waals surface area contributed by atoms with Crippen molar-refractivity contribution < 1.29 is 13.2 Å². The van der Waals surface area contributed by atoms with Crippen LogP contribution in [0, 0.1) is 0 Å². The van der Waals surface area contributed by atoms with E-state index in [1.165, 1.54) is 0 Å². The van der Waals surface area contributed by atoms with Crippen molar-refractivity contribution >= 4 is 33.0 Å². The predicted octanol–water partition coefficient (Wildman–Crippen LogP) is -0.00790. The van der Waals surface area contributed by atoms with Crippen LogP contribution in [0.5, 0.6) is 0 Å². The molecule has 0 bridgehead atoms. The van der Waals surface area contributed by atoms with Gasteiger partial charge in [-0.25, -0.2) is 8.42 Å². The fourth-order valence-corrected chi connectivity index (χ4v) is 2.34. The molecule has 0 aromatic heterocycles. The third-order valence-corrected chi connectivity index (χ3v) is 3.76. The highest BCUT2D eigenvalue weighted by Crippen LogP contribution is 1.96. The lowest BCUT2D eigenvalue weighted by atomic mass is 10.3. The van der Waals surface area contributed by atoms with Crippen LogP contribution in [0.25, 0.3) is 0 Å². The molecule has 1 amide bonds. The maximum absolute atomic E-state index is 11.4. The first-order valence-corrected chi connectivity index (χ1v) is 7.28. The Morgan fingerprint density at radius 3 is 2.50 bits per heavy atom. The molecule has 0 aliphatic rings. The Bertz CT molecular complexity index is 352. The fraction of sp³-hybridized carbons (Fsp3) is 0.778. The van der Waals surface area contributed by atoms with Crippen molar-refractivity contribution in [1.82, 2.24) is 5.32 Å². The highest BCUT2D eigenvalue weighted by molar-refractivity contribution is 7.92. The molecule has 0 heterocycles. The van der Waals surface area contributed by atoms with E-state index >= 15 is 0 Å². The van der Waals surface area contributed by atoms with Gasteiger partial charge < -0.3 is 11.1 Å². The van der Waals surface area contributed by atoms with Gasteiger partial charge in [0, 0.05) is 12.5 Å². The Balaban J connectivity index is 4.16. The molecule has 0 fully saturated rings. The monoisotopic (exact) mass is 266 g/mol. The number of thiocarbonyl (C=S) groups is 1. The smallest absolute Gasteiger partial charge is 0.235 e. The molecule has 0 rings (SSSR count). The third-order valence-electron chi connectivity index (χ3n) is 2.03. The molecule has 7 heteroatoms. The molecule has 16 heavy (non-hydrogen) atoms. The SMILES string of the molecule is CCC(C)NC(=O)CS(=O)(=O)CCC(N)=S. The van der Waals surface area contributed by atoms with Crippen LogP contribution in [-0.4, -0.2) is 36.9 Å². The molecule has 0 aromatic carbocycles. The summed E-state index contributed by atoms with van der Waals surface area (Å²) in [6.07, 6.45) is 0.882. The van der Waals surface area contributed by atoms with Gasteiger partial charge in [-0.3, -0.25) is 4.79 Å². The Hall–Kier alpha value is -0.690. The molecular weight excluding hydrogens is 248 g/mol. The van der Waals surface area contributed by atoms with Crippen LogP contribution in [0.15, 0.2) is 0 Å². The minimum Gasteiger partial charge on any atom is -0.393 e. The van der Waals surface area contributed by atoms with Gasteiger partial charge in [0.1, 0.15) is 5.75 Å². The van der Waals surface area contributed by atoms with E-state index in [9.17, 15) is 13.2 Å². The summed E-state index contributed by atoms with van der Waals surface area (Å²) in [5, 5.41) is 2.59. The first-order valence-electron chi connectivity index (χ1n) is 5.05. The average Bonchev–Trinajstić information content (AvgIpc) is 2.13. The van der Waals surface area contributed by atoms with Gasteiger partial charge in [0.25, 0.3) is 0 Å². The first-order chi connectivity index (χ1) is 7.26. The summed E-state index contributed by atoms with van der Waals surface area (Å²) >= 11 is 4.58. The van der Waals surface area contributed by atoms with E-state index in [-0.39, 0.29) is 23.2 Å². The number of amides is 1. The van der Waals surface area contributed by atoms with E-state index in [0.717, 1.165) is 6.42 Å². The lowest BCUT2D eigenvalue weighted by molar-refractivity contribution is -0.119. The van der Waals surface area contributed by atoms with Crippen LogP contribution < -0.4 is 11.1 Å². The Kier molecular flexibility index (Phi) is 6.51. The number of carbonyl (C=O) groups is 1. The number of nitrogens with two attached hydrogens (primary N) is 1. The number of rotatable bonds is 7. The van der Waals surface area contributed by atoms with Gasteiger partial charge in [0.05, 0.1) is 10.7 Å². The van der Waals surface area contributed by atoms with E-state index in [4.69, 9.17) is 5.73 Å². The van der Waals surface area contributed by atoms with Crippen LogP contribution in [-0.2, 0) is 14.6 Å². The molecule has 0 aliphatic carbocycles. The second-order valence-electron chi connectivity index (χ2n) is 3.69. The minimum absolute atomic E-state index is 0.0155. The number of hydrogen-bond acceptors (Lipinski definition) is 4. The van der Waals surface area contributed by atoms with Crippen molar-refractivity contribution in [1.29, 1.82) is 0 Å². The molecule has 0 saturated carbocycles. The molecule has 0 saturated heterocycles. The van der Waals surface area contributed by atoms with Crippen molar-refractivity contribution in [2.24, 2.45) is 5.73 Å². The van der Waals surface area contributed by atoms with Crippen LogP contribution in [0.1, 0.15) is 26.7 Å². The molecular formula is C9H18N2O3S2. The summed E-state index contributed by atoms with van der Waals surface area (Å²) in [5.74, 6) is -1.15. The molecule has 3 N–H and O–H groups in total. The summed E-state index contributed by atoms with van der Waals surface area (Å²) in [6.45, 7) is 3.73. The van der Waals surface area contributed by atoms with E-state index in [1.807, 2.05) is 13.8 Å². The minimum atomic E-state index is -3.41. The van der Waals surface area contributed by atoms with Crippen LogP contribution in [0.3, 0.4) is 0 Å². The van der Waals surface area contributed by atoms with Gasteiger partial charge in [-0.2, -0.15) is 0 Å². The van der Waals surface area contributed by atoms with Crippen molar-refractivity contribution in [2.75, 3.05) is 11.5 Å². The molecule has 1 unspecified atom stereocenters. The van der Waals surface area contributed by atoms with Crippen molar-refractivity contribution in [3.8, 4) is 0 Å². The number of nitrogens with one attached hydrogen (secondary N) is 1. The van der Waals surface area contributed by atoms with E-state index in [2.05, 4.69) is 17.5 Å². The highest BCUT2D eigenvalue weighted by atomic mass is 32.2. The third kappa shape index (κ3) is 7.58. The second kappa shape index (κ2) is 6.80. The molecule has 0 aromatic rings. The van der Waals surface area contributed by atoms with Gasteiger partial charge in [-0.05, 0) is 13.3 Å². The lowest BCUT2D eigenvalue weighted by Gasteiger charge is -2.11. The molecule has 94 valence electrons. The summed E-state index contributed by atoms with van der Waals surface area (Å²) in [7, 11) is -3.41. The molecule has 1 atom stereocenters. The number of hydrogen-bond donors (Lipinski definition) is 2. The maximum Gasteiger partial charge on any atom is 0.235 e. The summed E-state index contributed by atoms with van der Waals surface area (Å²) in [4.78, 5) is 11.5. The summed E-state index contributed by atoms with van der Waals surface area (Å²) in [6, 6.07) is -0.0155. The molecule has 0 radical (unpaired) electrons. The second-order valence-corrected chi connectivity index (χ2v) is 6.39. The van der Waals surface area contributed by atoms with Crippen LogP contribution in [0.2, 0.25) is 0 Å². The zero-order valence-corrected chi connectivity index (χ0v) is 11.2. The first kappa shape index (κ1) is 15.3. The standard InChI is InChI=1S/C9H18N2O3S2/c1-3-7(2)11-9(12)6-16(13,14)5-4-8(10)15/h7H,3-6H2,1-2H3,(H2,10,15)(H,11,12). The Morgan fingerprint density at radius 2 is 2.06 bits per heavy atom. The lowest BCUT2D eigenvalue weighted by Crippen LogP contribution is -2.37. The number of carbonyl (C=O) groups excluding carboxylic acids is 1. The Morgan fingerprint density at radius 1 is 1.50 bits per heavy atom. The van der Waals surface area contributed by atoms with E-state index < -0.39 is 21.5 Å². The Labute approximate surface area is 102 Å². The van der Waals surface area contributed by atoms with Crippen molar-refractivity contribution in [2.45, 2.75) is 32.7 Å². The average molecular weight is 266 g/mol. The van der Waals surface area contributed by atoms with Crippen LogP contribution >= 0.6 is 12.2 Å². The van der Waals surface area contributed by atoms with E-state index in [1.54, 1.807) is 0 Å². The van der Waals surface area contributed by atoms with Gasteiger partial charge in [-0.15, -0.1) is 0 Å². The van der Waals surface area contributed by atoms with Gasteiger partial charge in [0.2, 0.25) is 5.91 Å². The van der Waals surface area contributed by atoms with Crippen molar-refractivity contribution in [3.05, 3.63) is 0 Å². The number of sulfone groups is 1. The summed E-state index contributed by atoms with van der Waals surface area (Å²) < 4.78 is 22.9. The van der Waals surface area contributed by atoms with Crippen molar-refractivity contribution in [3.63, 3.8) is 0 Å². The quantitative estimate of drug-likeness (QED) is 0.633.